The van der Waals surface area contributed by atoms with Crippen molar-refractivity contribution in [2.75, 3.05) is 0 Å². The zero-order valence-corrected chi connectivity index (χ0v) is 15.1. The number of hydrogen-bond acceptors (Lipinski definition) is 3. The maximum absolute atomic E-state index is 6.40. The summed E-state index contributed by atoms with van der Waals surface area (Å²) in [4.78, 5) is 0. The molecule has 2 aromatic carbocycles. The van der Waals surface area contributed by atoms with Crippen LogP contribution in [0, 0.1) is 5.92 Å². The van der Waals surface area contributed by atoms with E-state index in [9.17, 15) is 0 Å². The van der Waals surface area contributed by atoms with Crippen LogP contribution < -0.4 is 4.74 Å². The fourth-order valence-corrected chi connectivity index (χ4v) is 3.94. The van der Waals surface area contributed by atoms with Crippen LogP contribution in [0.2, 0.25) is 10.0 Å². The summed E-state index contributed by atoms with van der Waals surface area (Å²) < 4.78 is 6.21. The van der Waals surface area contributed by atoms with Crippen LogP contribution >= 0.6 is 23.2 Å². The normalized spacial score (nSPS) is 22.0. The Morgan fingerprint density at radius 2 is 1.92 bits per heavy atom. The Morgan fingerprint density at radius 3 is 2.62 bits per heavy atom. The number of nitrogens with zero attached hydrogens (tertiary/aromatic N) is 2. The third kappa shape index (κ3) is 2.56. The molecule has 3 nitrogen and oxygen atoms in total. The van der Waals surface area contributed by atoms with Crippen molar-refractivity contribution in [2.24, 2.45) is 11.0 Å². The van der Waals surface area contributed by atoms with Crippen LogP contribution in [0.4, 0.5) is 0 Å². The Labute approximate surface area is 151 Å². The second kappa shape index (κ2) is 5.98. The van der Waals surface area contributed by atoms with E-state index in [1.54, 1.807) is 6.07 Å². The quantitative estimate of drug-likeness (QED) is 0.704. The molecule has 2 atom stereocenters. The molecule has 2 heterocycles. The minimum Gasteiger partial charge on any atom is -0.467 e. The zero-order valence-electron chi connectivity index (χ0n) is 13.5. The summed E-state index contributed by atoms with van der Waals surface area (Å²) in [7, 11) is 0. The van der Waals surface area contributed by atoms with Gasteiger partial charge in [-0.3, -0.25) is 0 Å². The van der Waals surface area contributed by atoms with Gasteiger partial charge in [-0.25, -0.2) is 5.01 Å². The first-order chi connectivity index (χ1) is 11.5. The van der Waals surface area contributed by atoms with E-state index < -0.39 is 0 Å². The molecule has 0 saturated carbocycles. The van der Waals surface area contributed by atoms with Crippen LogP contribution in [0.25, 0.3) is 0 Å². The van der Waals surface area contributed by atoms with Crippen LogP contribution in [0.15, 0.2) is 47.6 Å². The highest BCUT2D eigenvalue weighted by Gasteiger charge is 2.42. The van der Waals surface area contributed by atoms with Gasteiger partial charge in [-0.1, -0.05) is 67.4 Å². The molecule has 0 fully saturated rings. The predicted molar refractivity (Wildman–Crippen MR) is 97.9 cm³/mol. The van der Waals surface area contributed by atoms with E-state index >= 15 is 0 Å². The Hall–Kier alpha value is -1.71. The third-order valence-electron chi connectivity index (χ3n) is 4.51. The Kier molecular flexibility index (Phi) is 3.93. The average Bonchev–Trinajstić information content (AvgIpc) is 3.00. The molecule has 24 heavy (non-hydrogen) atoms. The van der Waals surface area contributed by atoms with E-state index in [1.807, 2.05) is 24.3 Å². The minimum absolute atomic E-state index is 0.104. The van der Waals surface area contributed by atoms with Crippen molar-refractivity contribution in [2.45, 2.75) is 32.5 Å². The number of benzene rings is 2. The van der Waals surface area contributed by atoms with Gasteiger partial charge < -0.3 is 4.74 Å². The van der Waals surface area contributed by atoms with Gasteiger partial charge in [0.1, 0.15) is 5.75 Å². The summed E-state index contributed by atoms with van der Waals surface area (Å²) in [6.45, 7) is 4.26. The molecule has 0 aromatic heterocycles. The predicted octanol–water partition coefficient (Wildman–Crippen LogP) is 5.52. The van der Waals surface area contributed by atoms with Gasteiger partial charge in [0.05, 0.1) is 16.8 Å². The fourth-order valence-electron chi connectivity index (χ4n) is 3.39. The van der Waals surface area contributed by atoms with Crippen LogP contribution in [-0.2, 0) is 0 Å². The molecule has 124 valence electrons. The topological polar surface area (TPSA) is 24.8 Å². The van der Waals surface area contributed by atoms with Crippen molar-refractivity contribution in [3.63, 3.8) is 0 Å². The van der Waals surface area contributed by atoms with Gasteiger partial charge in [0, 0.05) is 22.9 Å². The molecule has 0 saturated heterocycles. The van der Waals surface area contributed by atoms with Gasteiger partial charge in [-0.2, -0.15) is 5.10 Å². The van der Waals surface area contributed by atoms with E-state index in [0.717, 1.165) is 29.0 Å². The second-order valence-electron chi connectivity index (χ2n) is 6.57. The fraction of sp³-hybridized carbons (Fsp3) is 0.316. The Morgan fingerprint density at radius 1 is 1.17 bits per heavy atom. The molecule has 5 heteroatoms. The molecule has 2 aliphatic rings. The lowest BCUT2D eigenvalue weighted by atomic mass is 9.95. The summed E-state index contributed by atoms with van der Waals surface area (Å²) in [5.41, 5.74) is 3.22. The molecular formula is C19H18Cl2N2O. The van der Waals surface area contributed by atoms with E-state index in [4.69, 9.17) is 33.0 Å². The van der Waals surface area contributed by atoms with Gasteiger partial charge in [-0.05, 0) is 17.7 Å². The van der Waals surface area contributed by atoms with Crippen LogP contribution in [0.5, 0.6) is 5.75 Å². The number of hydrazone groups is 1. The van der Waals surface area contributed by atoms with Crippen LogP contribution in [0.1, 0.15) is 37.4 Å². The summed E-state index contributed by atoms with van der Waals surface area (Å²) in [6, 6.07) is 14.1. The van der Waals surface area contributed by atoms with E-state index in [2.05, 4.69) is 31.0 Å². The smallest absolute Gasteiger partial charge is 0.190 e. The number of fused-ring (bicyclic) bond motifs is 3. The number of ether oxygens (including phenoxy) is 1. The molecule has 0 unspecified atom stereocenters. The molecule has 0 amide bonds. The molecule has 0 N–H and O–H groups in total. The van der Waals surface area contributed by atoms with Crippen LogP contribution in [-0.4, -0.2) is 16.9 Å². The maximum Gasteiger partial charge on any atom is 0.190 e. The van der Waals surface area contributed by atoms with Gasteiger partial charge in [-0.15, -0.1) is 0 Å². The summed E-state index contributed by atoms with van der Waals surface area (Å²) in [5.74, 6) is 1.02. The number of rotatable bonds is 2. The van der Waals surface area contributed by atoms with Crippen molar-refractivity contribution < 1.29 is 4.74 Å². The van der Waals surface area contributed by atoms with Crippen molar-refractivity contribution >= 4 is 28.9 Å². The summed E-state index contributed by atoms with van der Waals surface area (Å²) in [5, 5.41) is 8.14. The maximum atomic E-state index is 6.40. The van der Waals surface area contributed by atoms with Crippen LogP contribution in [0.3, 0.4) is 0 Å². The number of halogens is 2. The molecule has 0 aliphatic carbocycles. The lowest BCUT2D eigenvalue weighted by Crippen LogP contribution is -2.43. The minimum atomic E-state index is -0.137. The average molecular weight is 361 g/mol. The molecule has 0 spiro atoms. The van der Waals surface area contributed by atoms with Gasteiger partial charge in [0.2, 0.25) is 0 Å². The molecule has 0 radical (unpaired) electrons. The lowest BCUT2D eigenvalue weighted by molar-refractivity contribution is -0.0460. The van der Waals surface area contributed by atoms with Crippen molar-refractivity contribution in [1.82, 2.24) is 5.01 Å². The summed E-state index contributed by atoms with van der Waals surface area (Å²) >= 11 is 12.6. The molecular weight excluding hydrogens is 343 g/mol. The second-order valence-corrected chi connectivity index (χ2v) is 7.41. The van der Waals surface area contributed by atoms with Crippen molar-refractivity contribution in [3.05, 3.63) is 63.6 Å². The molecule has 2 aliphatic heterocycles. The first-order valence-electron chi connectivity index (χ1n) is 8.11. The highest BCUT2D eigenvalue weighted by molar-refractivity contribution is 6.35. The van der Waals surface area contributed by atoms with E-state index in [1.165, 1.54) is 0 Å². The van der Waals surface area contributed by atoms with E-state index in [0.29, 0.717) is 10.0 Å². The molecule has 2 aromatic rings. The Balaban J connectivity index is 1.80. The monoisotopic (exact) mass is 360 g/mol. The lowest BCUT2D eigenvalue weighted by Gasteiger charge is -2.40. The van der Waals surface area contributed by atoms with E-state index in [-0.39, 0.29) is 18.2 Å². The first-order valence-corrected chi connectivity index (χ1v) is 8.87. The zero-order chi connectivity index (χ0) is 16.8. The SMILES string of the molecule is CC(C)[C@@H]1Oc2c(Cl)cc(Cl)cc2[C@@H]2CC(c3ccccc3)=NN21. The molecule has 4 rings (SSSR count). The largest absolute Gasteiger partial charge is 0.467 e. The van der Waals surface area contributed by atoms with Crippen molar-refractivity contribution in [1.29, 1.82) is 0 Å². The van der Waals surface area contributed by atoms with Crippen molar-refractivity contribution in [3.8, 4) is 5.75 Å². The standard InChI is InChI=1S/C19H18Cl2N2O/c1-11(2)19-23-17(10-16(22-23)12-6-4-3-5-7-12)14-8-13(20)9-15(21)18(14)24-19/h3-9,11,17,19H,10H2,1-2H3/t17-,19-/m0/s1. The van der Waals surface area contributed by atoms with Gasteiger partial charge in [0.15, 0.2) is 6.23 Å². The van der Waals surface area contributed by atoms with Gasteiger partial charge >= 0.3 is 0 Å². The number of hydrogen-bond donors (Lipinski definition) is 0. The first kappa shape index (κ1) is 15.8. The third-order valence-corrected chi connectivity index (χ3v) is 5.01. The summed E-state index contributed by atoms with van der Waals surface area (Å²) in [6.07, 6.45) is 0.683. The highest BCUT2D eigenvalue weighted by Crippen LogP contribution is 2.48. The highest BCUT2D eigenvalue weighted by atomic mass is 35.5. The Bertz CT molecular complexity index is 805. The van der Waals surface area contributed by atoms with Gasteiger partial charge in [0.25, 0.3) is 0 Å². The molecule has 0 bridgehead atoms.